The average Bonchev–Trinajstić information content (AvgIpc) is 3.58. The summed E-state index contributed by atoms with van der Waals surface area (Å²) >= 11 is 7.48. The monoisotopic (exact) mass is 477 g/mol. The Balaban J connectivity index is 1.23. The summed E-state index contributed by atoms with van der Waals surface area (Å²) in [5, 5.41) is 7.23. The van der Waals surface area contributed by atoms with Gasteiger partial charge in [-0.25, -0.2) is 4.98 Å². The fourth-order valence-electron chi connectivity index (χ4n) is 4.76. The normalized spacial score (nSPS) is 16.6. The van der Waals surface area contributed by atoms with Crippen LogP contribution in [0, 0.1) is 0 Å². The first-order valence-corrected chi connectivity index (χ1v) is 12.6. The van der Waals surface area contributed by atoms with Crippen LogP contribution in [-0.4, -0.2) is 51.8 Å². The van der Waals surface area contributed by atoms with Gasteiger partial charge in [0, 0.05) is 41.2 Å². The number of fused-ring (bicyclic) bond motifs is 2. The number of carbonyl (C=O) groups is 1. The largest absolute Gasteiger partial charge is 0.307 e. The molecular formula is C25H24ClN5OS. The highest BCUT2D eigenvalue weighted by Gasteiger charge is 2.30. The summed E-state index contributed by atoms with van der Waals surface area (Å²) in [7, 11) is 0. The summed E-state index contributed by atoms with van der Waals surface area (Å²) in [4.78, 5) is 23.2. The lowest BCUT2D eigenvalue weighted by Crippen LogP contribution is -2.36. The molecule has 1 amide bonds. The molecule has 0 aliphatic carbocycles. The van der Waals surface area contributed by atoms with Gasteiger partial charge in [-0.1, -0.05) is 23.7 Å². The maximum absolute atomic E-state index is 13.4. The second-order valence-corrected chi connectivity index (χ2v) is 10.1. The molecule has 2 aromatic carbocycles. The van der Waals surface area contributed by atoms with Crippen molar-refractivity contribution in [2.75, 3.05) is 31.1 Å². The quantitative estimate of drug-likeness (QED) is 0.400. The van der Waals surface area contributed by atoms with Crippen LogP contribution in [-0.2, 0) is 13.0 Å². The van der Waals surface area contributed by atoms with Crippen molar-refractivity contribution in [3.8, 4) is 10.6 Å². The molecular weight excluding hydrogens is 454 g/mol. The Morgan fingerprint density at radius 3 is 2.64 bits per heavy atom. The molecule has 0 bridgehead atoms. The molecule has 1 fully saturated rings. The van der Waals surface area contributed by atoms with Gasteiger partial charge < -0.3 is 9.80 Å². The summed E-state index contributed by atoms with van der Waals surface area (Å²) in [6.45, 7) is 4.94. The minimum Gasteiger partial charge on any atom is -0.307 e. The third-order valence-electron chi connectivity index (χ3n) is 6.56. The highest BCUT2D eigenvalue weighted by molar-refractivity contribution is 7.17. The first kappa shape index (κ1) is 20.8. The highest BCUT2D eigenvalue weighted by Crippen LogP contribution is 2.34. The fraction of sp³-hybridized carbons (Fsp3) is 0.320. The Morgan fingerprint density at radius 1 is 1.00 bits per heavy atom. The van der Waals surface area contributed by atoms with Crippen molar-refractivity contribution in [3.05, 3.63) is 64.3 Å². The van der Waals surface area contributed by atoms with Gasteiger partial charge in [-0.2, -0.15) is 5.10 Å². The second-order valence-electron chi connectivity index (χ2n) is 8.67. The Kier molecular flexibility index (Phi) is 5.40. The number of aromatic nitrogens is 3. The smallest absolute Gasteiger partial charge is 0.270 e. The van der Waals surface area contributed by atoms with Gasteiger partial charge in [0.25, 0.3) is 5.91 Å². The average molecular weight is 478 g/mol. The van der Waals surface area contributed by atoms with Gasteiger partial charge in [-0.3, -0.25) is 9.48 Å². The lowest BCUT2D eigenvalue weighted by molar-refractivity contribution is 0.0984. The van der Waals surface area contributed by atoms with E-state index >= 15 is 0 Å². The van der Waals surface area contributed by atoms with Crippen molar-refractivity contribution < 1.29 is 4.79 Å². The standard InChI is InChI=1S/C25H24ClN5OS/c26-19-5-3-17(4-6-19)24-28-21-9-12-30(25(32)23(21)33-24)20-7-8-22-18(15-20)16-27-31(22)14-13-29-10-1-2-11-29/h3-8,15-16H,1-2,9-14H2. The number of anilines is 1. The third kappa shape index (κ3) is 3.94. The predicted octanol–water partition coefficient (Wildman–Crippen LogP) is 5.11. The lowest BCUT2D eigenvalue weighted by atomic mass is 10.1. The molecule has 168 valence electrons. The number of halogens is 1. The van der Waals surface area contributed by atoms with Crippen LogP contribution in [0.1, 0.15) is 28.2 Å². The number of amides is 1. The molecule has 0 atom stereocenters. The Hall–Kier alpha value is -2.74. The zero-order valence-electron chi connectivity index (χ0n) is 18.2. The van der Waals surface area contributed by atoms with Crippen LogP contribution in [0.5, 0.6) is 0 Å². The van der Waals surface area contributed by atoms with E-state index in [1.807, 2.05) is 41.4 Å². The predicted molar refractivity (Wildman–Crippen MR) is 133 cm³/mol. The number of hydrogen-bond donors (Lipinski definition) is 0. The first-order chi connectivity index (χ1) is 16.2. The van der Waals surface area contributed by atoms with Crippen LogP contribution >= 0.6 is 22.9 Å². The van der Waals surface area contributed by atoms with Crippen LogP contribution in [0.4, 0.5) is 5.69 Å². The number of rotatable bonds is 5. The van der Waals surface area contributed by atoms with E-state index in [1.54, 1.807) is 0 Å². The van der Waals surface area contributed by atoms with Crippen LogP contribution < -0.4 is 4.90 Å². The molecule has 33 heavy (non-hydrogen) atoms. The van der Waals surface area contributed by atoms with Gasteiger partial charge in [0.15, 0.2) is 0 Å². The first-order valence-electron chi connectivity index (χ1n) is 11.4. The van der Waals surface area contributed by atoms with Crippen LogP contribution in [0.25, 0.3) is 21.5 Å². The van der Waals surface area contributed by atoms with E-state index in [0.29, 0.717) is 11.6 Å². The minimum atomic E-state index is 0.0229. The van der Waals surface area contributed by atoms with E-state index in [0.717, 1.165) is 57.2 Å². The molecule has 0 N–H and O–H groups in total. The Morgan fingerprint density at radius 2 is 1.82 bits per heavy atom. The van der Waals surface area contributed by atoms with E-state index < -0.39 is 0 Å². The second kappa shape index (κ2) is 8.56. The Labute approximate surface area is 201 Å². The lowest BCUT2D eigenvalue weighted by Gasteiger charge is -2.26. The third-order valence-corrected chi connectivity index (χ3v) is 7.95. The zero-order chi connectivity index (χ0) is 22.4. The molecule has 1 saturated heterocycles. The summed E-state index contributed by atoms with van der Waals surface area (Å²) in [6.07, 6.45) is 5.26. The van der Waals surface area contributed by atoms with Crippen LogP contribution in [0.2, 0.25) is 5.02 Å². The number of thiazole rings is 1. The van der Waals surface area contributed by atoms with Gasteiger partial charge in [0.05, 0.1) is 24.0 Å². The van der Waals surface area contributed by atoms with Crippen molar-refractivity contribution in [1.29, 1.82) is 0 Å². The molecule has 6 nitrogen and oxygen atoms in total. The molecule has 0 saturated carbocycles. The maximum Gasteiger partial charge on any atom is 0.270 e. The van der Waals surface area contributed by atoms with E-state index in [9.17, 15) is 4.79 Å². The molecule has 0 radical (unpaired) electrons. The van der Waals surface area contributed by atoms with Crippen molar-refractivity contribution in [3.63, 3.8) is 0 Å². The van der Waals surface area contributed by atoms with Crippen molar-refractivity contribution in [1.82, 2.24) is 19.7 Å². The van der Waals surface area contributed by atoms with Gasteiger partial charge in [0.2, 0.25) is 0 Å². The van der Waals surface area contributed by atoms with Gasteiger partial charge in [0.1, 0.15) is 9.88 Å². The van der Waals surface area contributed by atoms with Crippen molar-refractivity contribution in [2.45, 2.75) is 25.8 Å². The van der Waals surface area contributed by atoms with Crippen molar-refractivity contribution in [2.24, 2.45) is 0 Å². The minimum absolute atomic E-state index is 0.0229. The number of nitrogens with zero attached hydrogens (tertiary/aromatic N) is 5. The number of benzene rings is 2. The summed E-state index contributed by atoms with van der Waals surface area (Å²) in [5.41, 5.74) is 3.91. The molecule has 4 aromatic rings. The topological polar surface area (TPSA) is 54.3 Å². The molecule has 2 aliphatic rings. The van der Waals surface area contributed by atoms with Gasteiger partial charge >= 0.3 is 0 Å². The SMILES string of the molecule is O=C1c2sc(-c3ccc(Cl)cc3)nc2CCN1c1ccc2c(cnn2CCN2CCCC2)c1. The Bertz CT molecular complexity index is 1320. The fourth-order valence-corrected chi connectivity index (χ4v) is 5.95. The van der Waals surface area contributed by atoms with E-state index in [4.69, 9.17) is 16.6 Å². The van der Waals surface area contributed by atoms with Gasteiger partial charge in [-0.15, -0.1) is 11.3 Å². The van der Waals surface area contributed by atoms with Crippen molar-refractivity contribution >= 4 is 45.4 Å². The van der Waals surface area contributed by atoms with E-state index in [1.165, 1.54) is 37.3 Å². The molecule has 0 spiro atoms. The molecule has 4 heterocycles. The molecule has 2 aromatic heterocycles. The zero-order valence-corrected chi connectivity index (χ0v) is 19.8. The summed E-state index contributed by atoms with van der Waals surface area (Å²) in [5.74, 6) is 0.0229. The molecule has 2 aliphatic heterocycles. The van der Waals surface area contributed by atoms with Crippen LogP contribution in [0.3, 0.4) is 0 Å². The summed E-state index contributed by atoms with van der Waals surface area (Å²) in [6, 6.07) is 13.8. The van der Waals surface area contributed by atoms with Crippen LogP contribution in [0.15, 0.2) is 48.7 Å². The number of hydrogen-bond acceptors (Lipinski definition) is 5. The number of carbonyl (C=O) groups excluding carboxylic acids is 1. The molecule has 8 heteroatoms. The van der Waals surface area contributed by atoms with E-state index in [2.05, 4.69) is 26.8 Å². The van der Waals surface area contributed by atoms with E-state index in [-0.39, 0.29) is 5.91 Å². The maximum atomic E-state index is 13.4. The molecule has 6 rings (SSSR count). The van der Waals surface area contributed by atoms with Gasteiger partial charge in [-0.05, 0) is 56.3 Å². The molecule has 0 unspecified atom stereocenters. The summed E-state index contributed by atoms with van der Waals surface area (Å²) < 4.78 is 2.08. The number of likely N-dealkylation sites (tertiary alicyclic amines) is 1. The highest BCUT2D eigenvalue weighted by atomic mass is 35.5.